The third kappa shape index (κ3) is 3.68. The third-order valence-corrected chi connectivity index (χ3v) is 6.45. The molecule has 0 spiro atoms. The molecule has 31 heavy (non-hydrogen) atoms. The van der Waals surface area contributed by atoms with Crippen molar-refractivity contribution < 1.29 is 28.6 Å². The number of aromatic nitrogens is 1. The third-order valence-electron chi connectivity index (χ3n) is 5.22. The van der Waals surface area contributed by atoms with Crippen molar-refractivity contribution in [2.75, 3.05) is 42.7 Å². The lowest BCUT2D eigenvalue weighted by atomic mass is 10.1. The van der Waals surface area contributed by atoms with Gasteiger partial charge in [-0.05, 0) is 12.1 Å². The van der Waals surface area contributed by atoms with Crippen molar-refractivity contribution in [3.8, 4) is 5.75 Å². The molecule has 3 amide bonds. The van der Waals surface area contributed by atoms with E-state index < -0.39 is 18.2 Å². The van der Waals surface area contributed by atoms with Crippen molar-refractivity contribution in [3.63, 3.8) is 0 Å². The summed E-state index contributed by atoms with van der Waals surface area (Å²) in [5, 5.41) is 2.77. The normalized spacial score (nSPS) is 22.5. The molecule has 0 bridgehead atoms. The zero-order valence-electron chi connectivity index (χ0n) is 16.1. The molecule has 2 aromatic rings. The van der Waals surface area contributed by atoms with Gasteiger partial charge in [-0.1, -0.05) is 11.6 Å². The van der Waals surface area contributed by atoms with Crippen molar-refractivity contribution in [1.29, 1.82) is 0 Å². The van der Waals surface area contributed by atoms with E-state index in [4.69, 9.17) is 25.8 Å². The number of hydrogen-bond donors (Lipinski definition) is 1. The van der Waals surface area contributed by atoms with Gasteiger partial charge in [-0.3, -0.25) is 9.59 Å². The summed E-state index contributed by atoms with van der Waals surface area (Å²) in [7, 11) is 0. The molecule has 2 saturated heterocycles. The first-order valence-corrected chi connectivity index (χ1v) is 10.7. The number of ether oxygens (including phenoxy) is 3. The van der Waals surface area contributed by atoms with E-state index >= 15 is 0 Å². The summed E-state index contributed by atoms with van der Waals surface area (Å²) in [4.78, 5) is 44.7. The van der Waals surface area contributed by atoms with Crippen LogP contribution in [0.15, 0.2) is 24.4 Å². The Labute approximate surface area is 185 Å². The largest absolute Gasteiger partial charge is 0.487 e. The number of anilines is 2. The Hall–Kier alpha value is -2.89. The van der Waals surface area contributed by atoms with Crippen LogP contribution in [-0.4, -0.2) is 67.9 Å². The first-order valence-electron chi connectivity index (χ1n) is 9.55. The van der Waals surface area contributed by atoms with Gasteiger partial charge in [0.15, 0.2) is 11.6 Å². The average molecular weight is 465 g/mol. The molecule has 12 heteroatoms. The van der Waals surface area contributed by atoms with E-state index in [9.17, 15) is 14.4 Å². The van der Waals surface area contributed by atoms with E-state index in [1.165, 1.54) is 22.4 Å². The lowest BCUT2D eigenvalue weighted by Crippen LogP contribution is -2.48. The summed E-state index contributed by atoms with van der Waals surface area (Å²) in [5.74, 6) is 0.263. The van der Waals surface area contributed by atoms with Gasteiger partial charge in [-0.25, -0.2) is 14.7 Å². The molecule has 3 aliphatic rings. The monoisotopic (exact) mass is 464 g/mol. The van der Waals surface area contributed by atoms with E-state index in [-0.39, 0.29) is 31.6 Å². The molecule has 2 aromatic heterocycles. The first-order chi connectivity index (χ1) is 15.0. The number of carbonyl (C=O) groups excluding carboxylic acids is 3. The summed E-state index contributed by atoms with van der Waals surface area (Å²) in [5.41, 5.74) is 0.580. The van der Waals surface area contributed by atoms with Crippen molar-refractivity contribution >= 4 is 52.4 Å². The lowest BCUT2D eigenvalue weighted by Gasteiger charge is -2.32. The highest BCUT2D eigenvalue weighted by atomic mass is 35.5. The zero-order chi connectivity index (χ0) is 21.5. The fraction of sp³-hybridized carbons (Fsp3) is 0.368. The molecule has 3 aliphatic heterocycles. The average Bonchev–Trinajstić information content (AvgIpc) is 3.35. The SMILES string of the molecule is O=C(NC[C@@H]1OC(=O)N2c3ncc(N4CCOCC4=O)cc3OC[C@@H]12)c1ccc(Cl)s1. The quantitative estimate of drug-likeness (QED) is 0.732. The van der Waals surface area contributed by atoms with Gasteiger partial charge in [-0.15, -0.1) is 11.3 Å². The maximum absolute atomic E-state index is 12.5. The van der Waals surface area contributed by atoms with Gasteiger partial charge >= 0.3 is 6.09 Å². The Morgan fingerprint density at radius 2 is 2.23 bits per heavy atom. The van der Waals surface area contributed by atoms with Crippen LogP contribution >= 0.6 is 22.9 Å². The molecule has 5 rings (SSSR count). The number of halogens is 1. The Morgan fingerprint density at radius 1 is 1.35 bits per heavy atom. The highest BCUT2D eigenvalue weighted by molar-refractivity contribution is 7.18. The van der Waals surface area contributed by atoms with E-state index in [2.05, 4.69) is 10.3 Å². The minimum absolute atomic E-state index is 0.0174. The number of fused-ring (bicyclic) bond motifs is 3. The van der Waals surface area contributed by atoms with Gasteiger partial charge in [0.2, 0.25) is 0 Å². The van der Waals surface area contributed by atoms with Crippen LogP contribution in [0.2, 0.25) is 4.34 Å². The molecular formula is C19H17ClN4O6S. The smallest absolute Gasteiger partial charge is 0.416 e. The van der Waals surface area contributed by atoms with Crippen LogP contribution in [0.25, 0.3) is 0 Å². The molecule has 1 N–H and O–H groups in total. The van der Waals surface area contributed by atoms with Crippen LogP contribution in [0.1, 0.15) is 9.67 Å². The standard InChI is InChI=1S/C19H17ClN4O6S/c20-15-2-1-14(31-15)18(26)22-7-13-11-8-29-12-5-10(23-3-4-28-9-16(23)25)6-21-17(12)24(11)19(27)30-13/h1-2,5-6,11,13H,3-4,7-9H2,(H,22,26)/t11-,13-/m0/s1. The second kappa shape index (κ2) is 7.98. The highest BCUT2D eigenvalue weighted by Crippen LogP contribution is 2.39. The second-order valence-electron chi connectivity index (χ2n) is 7.10. The number of hydrogen-bond acceptors (Lipinski definition) is 8. The first kappa shape index (κ1) is 20.0. The number of carbonyl (C=O) groups is 3. The molecular weight excluding hydrogens is 448 g/mol. The van der Waals surface area contributed by atoms with Crippen molar-refractivity contribution in [1.82, 2.24) is 10.3 Å². The van der Waals surface area contributed by atoms with Crippen LogP contribution < -0.4 is 19.9 Å². The number of nitrogens with one attached hydrogen (secondary N) is 1. The van der Waals surface area contributed by atoms with Gasteiger partial charge < -0.3 is 24.4 Å². The fourth-order valence-electron chi connectivity index (χ4n) is 3.71. The Balaban J connectivity index is 1.30. The lowest BCUT2D eigenvalue weighted by molar-refractivity contribution is -0.125. The molecule has 162 valence electrons. The molecule has 2 fully saturated rings. The maximum atomic E-state index is 12.5. The van der Waals surface area contributed by atoms with Crippen LogP contribution in [0, 0.1) is 0 Å². The number of morpholine rings is 1. The van der Waals surface area contributed by atoms with E-state index in [0.29, 0.717) is 39.6 Å². The number of thiophene rings is 1. The van der Waals surface area contributed by atoms with Gasteiger partial charge in [0.1, 0.15) is 25.4 Å². The predicted octanol–water partition coefficient (Wildman–Crippen LogP) is 1.68. The maximum Gasteiger partial charge on any atom is 0.416 e. The Morgan fingerprint density at radius 3 is 3.00 bits per heavy atom. The summed E-state index contributed by atoms with van der Waals surface area (Å²) in [6.07, 6.45) is 0.370. The molecule has 0 radical (unpaired) electrons. The summed E-state index contributed by atoms with van der Waals surface area (Å²) in [6.45, 7) is 1.18. The van der Waals surface area contributed by atoms with Crippen molar-refractivity contribution in [3.05, 3.63) is 33.6 Å². The zero-order valence-corrected chi connectivity index (χ0v) is 17.6. The molecule has 0 unspecified atom stereocenters. The minimum Gasteiger partial charge on any atom is -0.487 e. The summed E-state index contributed by atoms with van der Waals surface area (Å²) in [6, 6.07) is 4.53. The predicted molar refractivity (Wildman–Crippen MR) is 111 cm³/mol. The molecule has 0 aromatic carbocycles. The van der Waals surface area contributed by atoms with E-state index in [1.54, 1.807) is 23.1 Å². The van der Waals surface area contributed by atoms with Gasteiger partial charge in [0.05, 0.1) is 34.2 Å². The summed E-state index contributed by atoms with van der Waals surface area (Å²) < 4.78 is 17.0. The number of cyclic esters (lactones) is 1. The number of nitrogens with zero attached hydrogens (tertiary/aromatic N) is 3. The van der Waals surface area contributed by atoms with Crippen molar-refractivity contribution in [2.45, 2.75) is 12.1 Å². The van der Waals surface area contributed by atoms with Gasteiger partial charge in [-0.2, -0.15) is 0 Å². The second-order valence-corrected chi connectivity index (χ2v) is 8.81. The van der Waals surface area contributed by atoms with Crippen LogP contribution in [-0.2, 0) is 14.3 Å². The van der Waals surface area contributed by atoms with Crippen LogP contribution in [0.5, 0.6) is 5.75 Å². The molecule has 0 saturated carbocycles. The number of pyridine rings is 1. The van der Waals surface area contributed by atoms with Crippen molar-refractivity contribution in [2.24, 2.45) is 0 Å². The molecule has 2 atom stereocenters. The molecule has 0 aliphatic carbocycles. The van der Waals surface area contributed by atoms with Gasteiger partial charge in [0.25, 0.3) is 11.8 Å². The topological polar surface area (TPSA) is 110 Å². The number of rotatable bonds is 4. The van der Waals surface area contributed by atoms with E-state index in [1.807, 2.05) is 0 Å². The van der Waals surface area contributed by atoms with E-state index in [0.717, 1.165) is 0 Å². The molecule has 10 nitrogen and oxygen atoms in total. The summed E-state index contributed by atoms with van der Waals surface area (Å²) >= 11 is 7.04. The fourth-order valence-corrected chi connectivity index (χ4v) is 4.67. The van der Waals surface area contributed by atoms with Gasteiger partial charge in [0, 0.05) is 12.6 Å². The Bertz CT molecular complexity index is 1060. The van der Waals surface area contributed by atoms with Crippen LogP contribution in [0.3, 0.4) is 0 Å². The minimum atomic E-state index is -0.595. The van der Waals surface area contributed by atoms with Crippen LogP contribution in [0.4, 0.5) is 16.3 Å². The highest BCUT2D eigenvalue weighted by Gasteiger charge is 2.47. The Kier molecular flexibility index (Phi) is 5.16. The molecule has 5 heterocycles. The number of amides is 3.